The molecule has 15 heavy (non-hydrogen) atoms. The van der Waals surface area contributed by atoms with Gasteiger partial charge in [0.2, 0.25) is 0 Å². The summed E-state index contributed by atoms with van der Waals surface area (Å²) in [6.07, 6.45) is 4.76. The zero-order valence-corrected chi connectivity index (χ0v) is 8.35. The van der Waals surface area contributed by atoms with E-state index in [0.717, 1.165) is 0 Å². The maximum atomic E-state index is 11.4. The smallest absolute Gasteiger partial charge is 0.342 e. The summed E-state index contributed by atoms with van der Waals surface area (Å²) < 4.78 is 5.05. The first-order valence-electron chi connectivity index (χ1n) is 4.49. The van der Waals surface area contributed by atoms with Crippen molar-refractivity contribution in [1.82, 2.24) is 0 Å². The van der Waals surface area contributed by atoms with Gasteiger partial charge in [0.25, 0.3) is 0 Å². The molecule has 0 saturated heterocycles. The minimum Gasteiger partial charge on any atom is -0.423 e. The van der Waals surface area contributed by atoms with Gasteiger partial charge < -0.3 is 4.74 Å². The highest BCUT2D eigenvalue weighted by Crippen LogP contribution is 2.10. The molecular weight excluding hydrogens is 188 g/mol. The lowest BCUT2D eigenvalue weighted by molar-refractivity contribution is -0.129. The van der Waals surface area contributed by atoms with Crippen LogP contribution in [0.25, 0.3) is 0 Å². The van der Waals surface area contributed by atoms with Gasteiger partial charge in [-0.25, -0.2) is 4.79 Å². The number of carbonyl (C=O) groups is 1. The van der Waals surface area contributed by atoms with Gasteiger partial charge in [0.05, 0.1) is 5.57 Å². The van der Waals surface area contributed by atoms with Crippen LogP contribution < -0.4 is 4.74 Å². The molecule has 0 amide bonds. The van der Waals surface area contributed by atoms with Gasteiger partial charge in [-0.3, -0.25) is 0 Å². The summed E-state index contributed by atoms with van der Waals surface area (Å²) in [5, 5.41) is 0. The Morgan fingerprint density at radius 1 is 1.27 bits per heavy atom. The van der Waals surface area contributed by atoms with Crippen molar-refractivity contribution in [3.8, 4) is 5.75 Å². The normalized spacial score (nSPS) is 9.87. The Kier molecular flexibility index (Phi) is 4.10. The quantitative estimate of drug-likeness (QED) is 0.323. The molecule has 0 fully saturated rings. The van der Waals surface area contributed by atoms with Gasteiger partial charge in [-0.2, -0.15) is 0 Å². The first kappa shape index (κ1) is 11.0. The van der Waals surface area contributed by atoms with Crippen LogP contribution in [0.15, 0.2) is 67.3 Å². The molecule has 1 aromatic carbocycles. The molecule has 0 bridgehead atoms. The van der Waals surface area contributed by atoms with Crippen molar-refractivity contribution in [2.24, 2.45) is 0 Å². The van der Waals surface area contributed by atoms with Crippen LogP contribution in [0.2, 0.25) is 0 Å². The topological polar surface area (TPSA) is 26.3 Å². The zero-order valence-electron chi connectivity index (χ0n) is 8.35. The number of para-hydroxylation sites is 1. The fourth-order valence-corrected chi connectivity index (χ4v) is 0.913. The summed E-state index contributed by atoms with van der Waals surface area (Å²) in [5.74, 6) is 0.0509. The fourth-order valence-electron chi connectivity index (χ4n) is 0.913. The molecule has 0 aliphatic carbocycles. The maximum Gasteiger partial charge on any atom is 0.342 e. The molecule has 0 unspecified atom stereocenters. The molecular formula is C13H12O2. The van der Waals surface area contributed by atoms with E-state index >= 15 is 0 Å². The first-order valence-corrected chi connectivity index (χ1v) is 4.49. The van der Waals surface area contributed by atoms with E-state index in [9.17, 15) is 4.79 Å². The Morgan fingerprint density at radius 2 is 1.93 bits per heavy atom. The van der Waals surface area contributed by atoms with E-state index in [2.05, 4.69) is 13.2 Å². The number of carbonyl (C=O) groups excluding carboxylic acids is 1. The van der Waals surface area contributed by atoms with E-state index in [0.29, 0.717) is 11.3 Å². The molecule has 0 spiro atoms. The lowest BCUT2D eigenvalue weighted by atomic mass is 10.3. The summed E-state index contributed by atoms with van der Waals surface area (Å²) >= 11 is 0. The number of ether oxygens (including phenoxy) is 1. The van der Waals surface area contributed by atoms with Gasteiger partial charge in [0, 0.05) is 0 Å². The number of hydrogen-bond acceptors (Lipinski definition) is 2. The Bertz CT molecular complexity index is 388. The predicted molar refractivity (Wildman–Crippen MR) is 60.6 cm³/mol. The van der Waals surface area contributed by atoms with E-state index in [1.165, 1.54) is 0 Å². The highest BCUT2D eigenvalue weighted by molar-refractivity contribution is 5.92. The van der Waals surface area contributed by atoms with Crippen molar-refractivity contribution in [3.05, 3.63) is 67.3 Å². The molecule has 2 nitrogen and oxygen atoms in total. The van der Waals surface area contributed by atoms with Crippen LogP contribution in [-0.4, -0.2) is 5.97 Å². The van der Waals surface area contributed by atoms with E-state index in [1.54, 1.807) is 42.5 Å². The lowest BCUT2D eigenvalue weighted by Gasteiger charge is -2.02. The van der Waals surface area contributed by atoms with Crippen LogP contribution in [0.5, 0.6) is 5.75 Å². The number of esters is 1. The maximum absolute atomic E-state index is 11.4. The van der Waals surface area contributed by atoms with Crippen molar-refractivity contribution >= 4 is 5.97 Å². The van der Waals surface area contributed by atoms with Crippen LogP contribution in [0.3, 0.4) is 0 Å². The predicted octanol–water partition coefficient (Wildman–Crippen LogP) is 2.89. The second-order valence-electron chi connectivity index (χ2n) is 2.82. The third kappa shape index (κ3) is 3.65. The molecule has 0 atom stereocenters. The van der Waals surface area contributed by atoms with E-state index in [1.807, 2.05) is 6.07 Å². The average Bonchev–Trinajstić information content (AvgIpc) is 2.27. The molecule has 0 aromatic heterocycles. The number of rotatable bonds is 4. The zero-order chi connectivity index (χ0) is 11.1. The number of benzene rings is 1. The molecule has 2 heteroatoms. The summed E-state index contributed by atoms with van der Waals surface area (Å²) in [6.45, 7) is 7.08. The standard InChI is InChI=1S/C13H12O2/c1-3-4-8-11(2)13(14)15-12-9-6-5-7-10-12/h3-10H,1-2H2. The van der Waals surface area contributed by atoms with Crippen molar-refractivity contribution < 1.29 is 9.53 Å². The van der Waals surface area contributed by atoms with E-state index in [4.69, 9.17) is 4.74 Å². The number of allylic oxidation sites excluding steroid dienone is 2. The summed E-state index contributed by atoms with van der Waals surface area (Å²) in [4.78, 5) is 11.4. The Labute approximate surface area is 89.2 Å². The molecule has 0 N–H and O–H groups in total. The van der Waals surface area contributed by atoms with Crippen LogP contribution in [-0.2, 0) is 4.79 Å². The monoisotopic (exact) mass is 200 g/mol. The number of hydrogen-bond donors (Lipinski definition) is 0. The molecule has 0 aliphatic rings. The molecule has 76 valence electrons. The van der Waals surface area contributed by atoms with Crippen LogP contribution >= 0.6 is 0 Å². The Balaban J connectivity index is 2.60. The molecule has 0 saturated carbocycles. The molecule has 0 radical (unpaired) electrons. The van der Waals surface area contributed by atoms with Crippen molar-refractivity contribution in [3.63, 3.8) is 0 Å². The Morgan fingerprint density at radius 3 is 2.53 bits per heavy atom. The minimum absolute atomic E-state index is 0.291. The second kappa shape index (κ2) is 5.60. The van der Waals surface area contributed by atoms with E-state index < -0.39 is 5.97 Å². The van der Waals surface area contributed by atoms with Gasteiger partial charge in [-0.1, -0.05) is 43.5 Å². The first-order chi connectivity index (χ1) is 7.24. The third-order valence-corrected chi connectivity index (χ3v) is 1.65. The largest absolute Gasteiger partial charge is 0.423 e. The van der Waals surface area contributed by atoms with Gasteiger partial charge >= 0.3 is 5.97 Å². The van der Waals surface area contributed by atoms with Crippen molar-refractivity contribution in [1.29, 1.82) is 0 Å². The SMILES string of the molecule is C=CC=CC(=C)C(=O)Oc1ccccc1. The van der Waals surface area contributed by atoms with Gasteiger partial charge in [-0.05, 0) is 18.2 Å². The van der Waals surface area contributed by atoms with Crippen LogP contribution in [0, 0.1) is 0 Å². The summed E-state index contributed by atoms with van der Waals surface area (Å²) in [5.41, 5.74) is 0.291. The Hall–Kier alpha value is -2.09. The molecule has 1 rings (SSSR count). The van der Waals surface area contributed by atoms with Crippen LogP contribution in [0.1, 0.15) is 0 Å². The van der Waals surface area contributed by atoms with Gasteiger partial charge in [-0.15, -0.1) is 0 Å². The summed E-state index contributed by atoms with van der Waals surface area (Å²) in [7, 11) is 0. The average molecular weight is 200 g/mol. The van der Waals surface area contributed by atoms with Crippen molar-refractivity contribution in [2.45, 2.75) is 0 Å². The minimum atomic E-state index is -0.459. The highest BCUT2D eigenvalue weighted by atomic mass is 16.5. The molecule has 1 aromatic rings. The van der Waals surface area contributed by atoms with Gasteiger partial charge in [0.15, 0.2) is 0 Å². The van der Waals surface area contributed by atoms with Crippen molar-refractivity contribution in [2.75, 3.05) is 0 Å². The molecule has 0 aliphatic heterocycles. The fraction of sp³-hybridized carbons (Fsp3) is 0. The highest BCUT2D eigenvalue weighted by Gasteiger charge is 2.05. The summed E-state index contributed by atoms with van der Waals surface area (Å²) in [6, 6.07) is 8.87. The lowest BCUT2D eigenvalue weighted by Crippen LogP contribution is -2.08. The van der Waals surface area contributed by atoms with E-state index in [-0.39, 0.29) is 0 Å². The molecule has 0 heterocycles. The van der Waals surface area contributed by atoms with Crippen LogP contribution in [0.4, 0.5) is 0 Å². The second-order valence-corrected chi connectivity index (χ2v) is 2.82. The van der Waals surface area contributed by atoms with Gasteiger partial charge in [0.1, 0.15) is 5.75 Å². The third-order valence-electron chi connectivity index (χ3n) is 1.65.